The molecule has 0 amide bonds. The van der Waals surface area contributed by atoms with E-state index in [9.17, 15) is 5.11 Å². The second kappa shape index (κ2) is 10.2. The molecule has 0 saturated heterocycles. The Morgan fingerprint density at radius 3 is 2.62 bits per heavy atom. The number of ether oxygens (including phenoxy) is 3. The minimum absolute atomic E-state index is 0.0975. The van der Waals surface area contributed by atoms with E-state index in [0.717, 1.165) is 5.56 Å². The van der Waals surface area contributed by atoms with Gasteiger partial charge in [-0.3, -0.25) is 0 Å². The van der Waals surface area contributed by atoms with Gasteiger partial charge in [0, 0.05) is 37.9 Å². The minimum atomic E-state index is -0.712. The molecule has 0 aromatic heterocycles. The molecular formula is C14H21Cl2NO4. The maximum absolute atomic E-state index is 9.64. The highest BCUT2D eigenvalue weighted by Crippen LogP contribution is 2.32. The summed E-state index contributed by atoms with van der Waals surface area (Å²) in [6.45, 7) is 2.15. The second-order valence-corrected chi connectivity index (χ2v) is 5.31. The smallest absolute Gasteiger partial charge is 0.142 e. The molecule has 1 unspecified atom stereocenters. The minimum Gasteiger partial charge on any atom is -0.489 e. The molecule has 0 saturated carbocycles. The summed E-state index contributed by atoms with van der Waals surface area (Å²) in [6.07, 6.45) is -0.712. The fourth-order valence-electron chi connectivity index (χ4n) is 1.72. The van der Waals surface area contributed by atoms with Crippen LogP contribution in [0.5, 0.6) is 5.75 Å². The summed E-state index contributed by atoms with van der Waals surface area (Å²) < 4.78 is 15.4. The van der Waals surface area contributed by atoms with Crippen molar-refractivity contribution in [2.75, 3.05) is 40.6 Å². The molecule has 0 heterocycles. The standard InChI is InChI=1S/C14H21Cl2NO4/c1-19-4-3-17-7-10-5-11(15)6-13(16)14(10)21-9-12(18)8-20-2/h5-6,12,17-18H,3-4,7-9H2,1-2H3. The monoisotopic (exact) mass is 337 g/mol. The Labute approximate surface area is 135 Å². The van der Waals surface area contributed by atoms with Gasteiger partial charge in [-0.15, -0.1) is 0 Å². The van der Waals surface area contributed by atoms with E-state index in [0.29, 0.717) is 35.5 Å². The van der Waals surface area contributed by atoms with Crippen molar-refractivity contribution in [3.8, 4) is 5.75 Å². The van der Waals surface area contributed by atoms with E-state index in [-0.39, 0.29) is 13.2 Å². The second-order valence-electron chi connectivity index (χ2n) is 4.47. The van der Waals surface area contributed by atoms with Gasteiger partial charge in [-0.25, -0.2) is 0 Å². The van der Waals surface area contributed by atoms with E-state index >= 15 is 0 Å². The van der Waals surface area contributed by atoms with E-state index < -0.39 is 6.10 Å². The Kier molecular flexibility index (Phi) is 8.99. The molecule has 0 aliphatic carbocycles. The van der Waals surface area contributed by atoms with Gasteiger partial charge in [0.25, 0.3) is 0 Å². The molecule has 1 aromatic carbocycles. The predicted octanol–water partition coefficient (Wildman–Crippen LogP) is 2.12. The topological polar surface area (TPSA) is 60.0 Å². The van der Waals surface area contributed by atoms with Crippen LogP contribution in [0, 0.1) is 0 Å². The molecule has 2 N–H and O–H groups in total. The third-order valence-corrected chi connectivity index (χ3v) is 3.16. The lowest BCUT2D eigenvalue weighted by molar-refractivity contribution is 0.0323. The number of nitrogens with one attached hydrogen (secondary N) is 1. The highest BCUT2D eigenvalue weighted by Gasteiger charge is 2.13. The zero-order valence-corrected chi connectivity index (χ0v) is 13.7. The zero-order chi connectivity index (χ0) is 15.7. The Hall–Kier alpha value is -0.560. The molecule has 0 aliphatic heterocycles. The van der Waals surface area contributed by atoms with E-state index in [2.05, 4.69) is 5.32 Å². The summed E-state index contributed by atoms with van der Waals surface area (Å²) >= 11 is 12.2. The Morgan fingerprint density at radius 1 is 1.19 bits per heavy atom. The fourth-order valence-corrected chi connectivity index (χ4v) is 2.31. The first-order valence-electron chi connectivity index (χ1n) is 6.55. The number of halogens is 2. The van der Waals surface area contributed by atoms with Crippen LogP contribution in [0.1, 0.15) is 5.56 Å². The highest BCUT2D eigenvalue weighted by molar-refractivity contribution is 6.35. The first-order chi connectivity index (χ1) is 10.1. The lowest BCUT2D eigenvalue weighted by Gasteiger charge is -2.16. The summed E-state index contributed by atoms with van der Waals surface area (Å²) in [6, 6.07) is 3.39. The van der Waals surface area contributed by atoms with Crippen LogP contribution in [-0.4, -0.2) is 51.8 Å². The molecule has 120 valence electrons. The molecule has 5 nitrogen and oxygen atoms in total. The van der Waals surface area contributed by atoms with Gasteiger partial charge in [-0.1, -0.05) is 23.2 Å². The third-order valence-electron chi connectivity index (χ3n) is 2.66. The predicted molar refractivity (Wildman–Crippen MR) is 83.4 cm³/mol. The number of methoxy groups -OCH3 is 2. The molecule has 0 radical (unpaired) electrons. The maximum Gasteiger partial charge on any atom is 0.142 e. The fraction of sp³-hybridized carbons (Fsp3) is 0.571. The lowest BCUT2D eigenvalue weighted by atomic mass is 10.2. The maximum atomic E-state index is 9.64. The van der Waals surface area contributed by atoms with E-state index in [4.69, 9.17) is 37.4 Å². The molecule has 1 aromatic rings. The van der Waals surface area contributed by atoms with Crippen molar-refractivity contribution >= 4 is 23.2 Å². The first kappa shape index (κ1) is 18.5. The van der Waals surface area contributed by atoms with Crippen molar-refractivity contribution in [3.63, 3.8) is 0 Å². The number of aliphatic hydroxyl groups excluding tert-OH is 1. The van der Waals surface area contributed by atoms with E-state index in [1.807, 2.05) is 0 Å². The van der Waals surface area contributed by atoms with Crippen LogP contribution in [0.25, 0.3) is 0 Å². The molecule has 21 heavy (non-hydrogen) atoms. The largest absolute Gasteiger partial charge is 0.489 e. The van der Waals surface area contributed by atoms with Crippen LogP contribution >= 0.6 is 23.2 Å². The van der Waals surface area contributed by atoms with Crippen molar-refractivity contribution in [2.24, 2.45) is 0 Å². The molecule has 7 heteroatoms. The van der Waals surface area contributed by atoms with Gasteiger partial charge in [-0.2, -0.15) is 0 Å². The Bertz CT molecular complexity index is 432. The highest BCUT2D eigenvalue weighted by atomic mass is 35.5. The zero-order valence-electron chi connectivity index (χ0n) is 12.2. The van der Waals surface area contributed by atoms with Crippen LogP contribution < -0.4 is 10.1 Å². The summed E-state index contributed by atoms with van der Waals surface area (Å²) in [7, 11) is 3.16. The normalized spacial score (nSPS) is 12.4. The summed E-state index contributed by atoms with van der Waals surface area (Å²) in [5.74, 6) is 0.515. The average molecular weight is 338 g/mol. The summed E-state index contributed by atoms with van der Waals surface area (Å²) in [5.41, 5.74) is 0.827. The lowest BCUT2D eigenvalue weighted by Crippen LogP contribution is -2.24. The van der Waals surface area contributed by atoms with Gasteiger partial charge in [0.1, 0.15) is 18.5 Å². The van der Waals surface area contributed by atoms with Crippen molar-refractivity contribution in [1.29, 1.82) is 0 Å². The Morgan fingerprint density at radius 2 is 1.95 bits per heavy atom. The van der Waals surface area contributed by atoms with Crippen molar-refractivity contribution < 1.29 is 19.3 Å². The quantitative estimate of drug-likeness (QED) is 0.640. The van der Waals surface area contributed by atoms with Crippen LogP contribution in [0.2, 0.25) is 10.0 Å². The van der Waals surface area contributed by atoms with Crippen LogP contribution in [0.4, 0.5) is 0 Å². The molecule has 0 spiro atoms. The molecule has 0 bridgehead atoms. The van der Waals surface area contributed by atoms with Gasteiger partial charge in [-0.05, 0) is 12.1 Å². The van der Waals surface area contributed by atoms with Crippen molar-refractivity contribution in [2.45, 2.75) is 12.6 Å². The molecule has 0 aliphatic rings. The van der Waals surface area contributed by atoms with Crippen LogP contribution in [0.15, 0.2) is 12.1 Å². The van der Waals surface area contributed by atoms with Crippen molar-refractivity contribution in [1.82, 2.24) is 5.32 Å². The molecule has 1 atom stereocenters. The SMILES string of the molecule is COCCNCc1cc(Cl)cc(Cl)c1OCC(O)COC. The van der Waals surface area contributed by atoms with Gasteiger partial charge in [0.2, 0.25) is 0 Å². The van der Waals surface area contributed by atoms with Gasteiger partial charge >= 0.3 is 0 Å². The number of hydrogen-bond donors (Lipinski definition) is 2. The van der Waals surface area contributed by atoms with E-state index in [1.54, 1.807) is 19.2 Å². The Balaban J connectivity index is 2.70. The summed E-state index contributed by atoms with van der Waals surface area (Å²) in [5, 5.41) is 13.8. The molecular weight excluding hydrogens is 317 g/mol. The number of aliphatic hydroxyl groups is 1. The van der Waals surface area contributed by atoms with Gasteiger partial charge in [0.15, 0.2) is 0 Å². The number of hydrogen-bond acceptors (Lipinski definition) is 5. The number of benzene rings is 1. The third kappa shape index (κ3) is 6.82. The molecule has 0 fully saturated rings. The van der Waals surface area contributed by atoms with Crippen LogP contribution in [-0.2, 0) is 16.0 Å². The van der Waals surface area contributed by atoms with Gasteiger partial charge in [0.05, 0.1) is 18.2 Å². The average Bonchev–Trinajstić information content (AvgIpc) is 2.42. The van der Waals surface area contributed by atoms with Gasteiger partial charge < -0.3 is 24.6 Å². The summed E-state index contributed by atoms with van der Waals surface area (Å²) in [4.78, 5) is 0. The van der Waals surface area contributed by atoms with E-state index in [1.165, 1.54) is 7.11 Å². The van der Waals surface area contributed by atoms with Crippen molar-refractivity contribution in [3.05, 3.63) is 27.7 Å². The number of rotatable bonds is 10. The molecule has 1 rings (SSSR count). The van der Waals surface area contributed by atoms with Crippen LogP contribution in [0.3, 0.4) is 0 Å². The first-order valence-corrected chi connectivity index (χ1v) is 7.31.